The van der Waals surface area contributed by atoms with Crippen molar-refractivity contribution in [2.75, 3.05) is 27.3 Å². The number of esters is 1. The number of benzene rings is 2. The Morgan fingerprint density at radius 1 is 1.10 bits per heavy atom. The van der Waals surface area contributed by atoms with Gasteiger partial charge in [0.1, 0.15) is 23.9 Å². The summed E-state index contributed by atoms with van der Waals surface area (Å²) in [7, 11) is 3.29. The molecule has 0 spiro atoms. The van der Waals surface area contributed by atoms with Crippen LogP contribution in [0.1, 0.15) is 90.2 Å². The highest BCUT2D eigenvalue weighted by Crippen LogP contribution is 2.42. The van der Waals surface area contributed by atoms with Gasteiger partial charge in [-0.2, -0.15) is 0 Å². The van der Waals surface area contributed by atoms with Crippen molar-refractivity contribution in [3.63, 3.8) is 0 Å². The number of methoxy groups -OCH3 is 1. The lowest BCUT2D eigenvalue weighted by Crippen LogP contribution is -2.62. The maximum Gasteiger partial charge on any atom is 0.324 e. The van der Waals surface area contributed by atoms with Crippen LogP contribution in [0, 0.1) is 17.3 Å². The van der Waals surface area contributed by atoms with E-state index in [1.807, 2.05) is 39.0 Å². The first kappa shape index (κ1) is 44.7. The predicted molar refractivity (Wildman–Crippen MR) is 237 cm³/mol. The molecule has 6 bridgehead atoms. The lowest BCUT2D eigenvalue weighted by molar-refractivity contribution is -0.155. The van der Waals surface area contributed by atoms with Crippen molar-refractivity contribution in [1.29, 1.82) is 0 Å². The van der Waals surface area contributed by atoms with Crippen LogP contribution >= 0.6 is 0 Å². The summed E-state index contributed by atoms with van der Waals surface area (Å²) < 4.78 is 14.2. The van der Waals surface area contributed by atoms with Crippen LogP contribution in [0.3, 0.4) is 0 Å². The number of phenolic OH excluding ortho intramolecular Hbond substituents is 1. The lowest BCUT2D eigenvalue weighted by atomic mass is 9.79. The minimum absolute atomic E-state index is 0.00684. The fraction of sp³-hybridized carbons (Fsp3) is 0.521. The molecular formula is C48H63N7O7. The van der Waals surface area contributed by atoms with Crippen LogP contribution in [0.25, 0.3) is 33.3 Å². The first-order valence-corrected chi connectivity index (χ1v) is 22.0. The number of cyclic esters (lactones) is 1. The zero-order valence-corrected chi connectivity index (χ0v) is 37.4. The maximum atomic E-state index is 14.6. The van der Waals surface area contributed by atoms with Crippen molar-refractivity contribution in [2.45, 2.75) is 117 Å². The fourth-order valence-corrected chi connectivity index (χ4v) is 9.48. The number of rotatable bonds is 9. The number of carbonyl (C=O) groups is 4. The van der Waals surface area contributed by atoms with Crippen LogP contribution in [-0.2, 0) is 48.0 Å². The second kappa shape index (κ2) is 18.2. The molecule has 1 saturated carbocycles. The molecule has 1 saturated heterocycles. The number of pyridine rings is 1. The van der Waals surface area contributed by atoms with Gasteiger partial charge in [0.25, 0.3) is 5.91 Å². The molecule has 14 nitrogen and oxygen atoms in total. The monoisotopic (exact) mass is 849 g/mol. The number of hydrogen-bond donors (Lipinski definition) is 4. The molecule has 7 rings (SSSR count). The Labute approximate surface area is 364 Å². The highest BCUT2D eigenvalue weighted by atomic mass is 16.5. The normalized spacial score (nSPS) is 22.6. The number of ether oxygens (including phenoxy) is 2. The molecule has 1 unspecified atom stereocenters. The highest BCUT2D eigenvalue weighted by Gasteiger charge is 2.41. The van der Waals surface area contributed by atoms with Gasteiger partial charge in [-0.3, -0.25) is 29.2 Å². The van der Waals surface area contributed by atoms with Crippen molar-refractivity contribution in [3.8, 4) is 28.1 Å². The van der Waals surface area contributed by atoms with E-state index >= 15 is 0 Å². The number of aromatic nitrogens is 2. The van der Waals surface area contributed by atoms with Gasteiger partial charge in [-0.1, -0.05) is 39.8 Å². The standard InChI is InChI=1S/C48H63N7O7/c1-9-54-40-17-14-30-24-35(40)36(43(54)34-12-10-18-50-41(34)28(4)61-8)25-48(5,6)26-62-47(60)38-13-11-19-55(52-38)46(59)39(22-29-20-31(30)23-32(56)21-29)51-44(57)42(27(2)3)53(7)45(58)33-15-16-37(33)49/h10,12,14,17-18,20-21,23-24,27-28,33,37-39,42,52,56H,9,11,13,15-16,19,22,25-26,49H2,1-8H3,(H,51,57)/t28-,33+,37-,38-,39-,42?/m0/s1. The zero-order valence-electron chi connectivity index (χ0n) is 37.4. The van der Waals surface area contributed by atoms with Gasteiger partial charge in [0, 0.05) is 67.8 Å². The Balaban J connectivity index is 1.35. The van der Waals surface area contributed by atoms with Crippen molar-refractivity contribution in [3.05, 3.63) is 71.5 Å². The van der Waals surface area contributed by atoms with E-state index in [-0.39, 0.29) is 48.7 Å². The molecule has 4 aromatic rings. The third-order valence-electron chi connectivity index (χ3n) is 13.0. The number of fused-ring (bicyclic) bond motifs is 6. The second-order valence-corrected chi connectivity index (χ2v) is 18.5. The molecular weight excluding hydrogens is 787 g/mol. The van der Waals surface area contributed by atoms with E-state index in [1.54, 1.807) is 32.5 Å². The summed E-state index contributed by atoms with van der Waals surface area (Å²) in [4.78, 5) is 62.6. The minimum Gasteiger partial charge on any atom is -0.508 e. The third-order valence-corrected chi connectivity index (χ3v) is 13.0. The van der Waals surface area contributed by atoms with Crippen LogP contribution in [0.15, 0.2) is 54.7 Å². The predicted octanol–water partition coefficient (Wildman–Crippen LogP) is 5.67. The number of phenols is 1. The van der Waals surface area contributed by atoms with E-state index in [2.05, 4.69) is 54.3 Å². The molecule has 14 heteroatoms. The number of likely N-dealkylation sites (N-methyl/N-ethyl adjacent to an activating group) is 1. The number of hydrazine groups is 1. The highest BCUT2D eigenvalue weighted by molar-refractivity contribution is 5.96. The summed E-state index contributed by atoms with van der Waals surface area (Å²) in [5.41, 5.74) is 15.8. The van der Waals surface area contributed by atoms with Crippen molar-refractivity contribution >= 4 is 34.6 Å². The van der Waals surface area contributed by atoms with Crippen molar-refractivity contribution in [2.24, 2.45) is 23.0 Å². The topological polar surface area (TPSA) is 181 Å². The number of carbonyl (C=O) groups excluding carboxylic acids is 4. The average Bonchev–Trinajstić information content (AvgIpc) is 3.54. The summed E-state index contributed by atoms with van der Waals surface area (Å²) in [6.07, 6.45) is 4.49. The minimum atomic E-state index is -1.12. The third kappa shape index (κ3) is 8.95. The van der Waals surface area contributed by atoms with Gasteiger partial charge in [0.15, 0.2) is 0 Å². The Bertz CT molecular complexity index is 2340. The molecule has 3 aliphatic rings. The molecule has 3 amide bonds. The Morgan fingerprint density at radius 3 is 2.55 bits per heavy atom. The van der Waals surface area contributed by atoms with E-state index in [4.69, 9.17) is 20.2 Å². The van der Waals surface area contributed by atoms with E-state index in [0.717, 1.165) is 51.0 Å². The average molecular weight is 850 g/mol. The number of amides is 3. The largest absolute Gasteiger partial charge is 0.508 e. The molecule has 5 N–H and O–H groups in total. The van der Waals surface area contributed by atoms with Crippen LogP contribution in [0.4, 0.5) is 0 Å². The molecule has 0 radical (unpaired) electrons. The van der Waals surface area contributed by atoms with Gasteiger partial charge in [-0.25, -0.2) is 5.43 Å². The molecule has 6 atom stereocenters. The number of aryl methyl sites for hydroxylation is 1. The van der Waals surface area contributed by atoms with Crippen LogP contribution < -0.4 is 16.5 Å². The van der Waals surface area contributed by atoms with Gasteiger partial charge in [-0.05, 0) is 111 Å². The van der Waals surface area contributed by atoms with Gasteiger partial charge >= 0.3 is 5.97 Å². The summed E-state index contributed by atoms with van der Waals surface area (Å²) in [5.74, 6) is -2.22. The SMILES string of the molecule is CCn1c(-c2cccnc2[C@H](C)OC)c2c3cc(ccc31)-c1cc(O)cc(c1)C[C@H](NC(=O)C(C(C)C)N(C)C(=O)[C@@H]1CC[C@@H]1N)C(=O)N1CCC[C@H](N1)C(=O)OCC(C)(C)C2. The first-order valence-electron chi connectivity index (χ1n) is 22.0. The Kier molecular flexibility index (Phi) is 13.1. The fourth-order valence-electron chi connectivity index (χ4n) is 9.48. The summed E-state index contributed by atoms with van der Waals surface area (Å²) >= 11 is 0. The quantitative estimate of drug-likeness (QED) is 0.153. The van der Waals surface area contributed by atoms with Crippen molar-refractivity contribution < 1.29 is 33.8 Å². The molecule has 1 aliphatic carbocycles. The second-order valence-electron chi connectivity index (χ2n) is 18.5. The number of aromatic hydroxyl groups is 1. The van der Waals surface area contributed by atoms with Gasteiger partial charge in [0.05, 0.1) is 30.0 Å². The van der Waals surface area contributed by atoms with Gasteiger partial charge in [-0.15, -0.1) is 0 Å². The van der Waals surface area contributed by atoms with E-state index in [1.165, 1.54) is 9.91 Å². The molecule has 2 aliphatic heterocycles. The first-order chi connectivity index (χ1) is 29.5. The van der Waals surface area contributed by atoms with E-state index in [9.17, 15) is 24.3 Å². The molecule has 332 valence electrons. The van der Waals surface area contributed by atoms with Crippen LogP contribution in [0.5, 0.6) is 5.75 Å². The number of nitrogens with zero attached hydrogens (tertiary/aromatic N) is 4. The Hall–Kier alpha value is -5.31. The molecule has 2 aromatic heterocycles. The molecule has 2 aromatic carbocycles. The summed E-state index contributed by atoms with van der Waals surface area (Å²) in [6, 6.07) is 12.5. The van der Waals surface area contributed by atoms with Gasteiger partial charge < -0.3 is 35.1 Å². The number of nitrogens with two attached hydrogens (primary N) is 1. The Morgan fingerprint density at radius 2 is 1.87 bits per heavy atom. The summed E-state index contributed by atoms with van der Waals surface area (Å²) in [6.45, 7) is 13.1. The lowest BCUT2D eigenvalue weighted by Gasteiger charge is -2.39. The van der Waals surface area contributed by atoms with E-state index in [0.29, 0.717) is 44.3 Å². The maximum absolute atomic E-state index is 14.6. The smallest absolute Gasteiger partial charge is 0.324 e. The summed E-state index contributed by atoms with van der Waals surface area (Å²) in [5, 5.41) is 16.7. The van der Waals surface area contributed by atoms with Crippen molar-refractivity contribution in [1.82, 2.24) is 30.2 Å². The van der Waals surface area contributed by atoms with Crippen LogP contribution in [-0.4, -0.2) is 99.7 Å². The zero-order chi connectivity index (χ0) is 44.6. The molecule has 4 heterocycles. The number of hydrogen-bond acceptors (Lipinski definition) is 10. The molecule has 62 heavy (non-hydrogen) atoms. The van der Waals surface area contributed by atoms with E-state index < -0.39 is 41.3 Å². The number of nitrogens with one attached hydrogen (secondary N) is 2. The van der Waals surface area contributed by atoms with Gasteiger partial charge in [0.2, 0.25) is 11.8 Å². The molecule has 2 fully saturated rings. The van der Waals surface area contributed by atoms with Crippen LogP contribution in [0.2, 0.25) is 0 Å².